The number of sulfonamides is 1. The Labute approximate surface area is 151 Å². The Morgan fingerprint density at radius 1 is 1.19 bits per heavy atom. The van der Waals surface area contributed by atoms with E-state index in [0.29, 0.717) is 6.42 Å². The lowest BCUT2D eigenvalue weighted by atomic mass is 10.0. The largest absolute Gasteiger partial charge is 0.411 e. The summed E-state index contributed by atoms with van der Waals surface area (Å²) in [7, 11) is -7.73. The van der Waals surface area contributed by atoms with Crippen LogP contribution in [0.4, 0.5) is 4.39 Å². The first kappa shape index (κ1) is 20.5. The van der Waals surface area contributed by atoms with Gasteiger partial charge in [0.25, 0.3) is 0 Å². The van der Waals surface area contributed by atoms with E-state index in [2.05, 4.69) is 14.9 Å². The summed E-state index contributed by atoms with van der Waals surface area (Å²) in [6.45, 7) is 5.19. The zero-order chi connectivity index (χ0) is 19.7. The smallest absolute Gasteiger partial charge is 0.335 e. The molecule has 0 unspecified atom stereocenters. The topological polar surface area (TPSA) is 119 Å². The molecule has 1 heterocycles. The first-order valence-electron chi connectivity index (χ1n) is 7.72. The Hall–Kier alpha value is -1.85. The normalized spacial score (nSPS) is 13.9. The molecular formula is C15H20FN3O5S2. The number of nitrogens with zero attached hydrogens (tertiary/aromatic N) is 2. The van der Waals surface area contributed by atoms with Gasteiger partial charge in [0, 0.05) is 6.26 Å². The highest BCUT2D eigenvalue weighted by molar-refractivity contribution is 7.90. The molecule has 1 atom stereocenters. The molecule has 0 radical (unpaired) electrons. The minimum atomic E-state index is -4.02. The maximum Gasteiger partial charge on any atom is 0.335 e. The second kappa shape index (κ2) is 7.41. The number of nitrogens with one attached hydrogen (secondary N) is 1. The maximum atomic E-state index is 13.2. The summed E-state index contributed by atoms with van der Waals surface area (Å²) in [5.41, 5.74) is 0.239. The fourth-order valence-electron chi connectivity index (χ4n) is 2.35. The molecule has 0 amide bonds. The summed E-state index contributed by atoms with van der Waals surface area (Å²) in [5, 5.41) is 6.54. The van der Waals surface area contributed by atoms with Gasteiger partial charge < -0.3 is 4.42 Å². The number of hydrogen-bond donors (Lipinski definition) is 1. The van der Waals surface area contributed by atoms with Crippen molar-refractivity contribution in [2.24, 2.45) is 5.92 Å². The molecule has 2 aromatic rings. The number of aryl methyl sites for hydroxylation is 1. The van der Waals surface area contributed by atoms with Gasteiger partial charge >= 0.3 is 5.22 Å². The van der Waals surface area contributed by atoms with Gasteiger partial charge in [0.1, 0.15) is 11.9 Å². The van der Waals surface area contributed by atoms with Crippen molar-refractivity contribution in [1.29, 1.82) is 0 Å². The van der Waals surface area contributed by atoms with Crippen LogP contribution < -0.4 is 4.72 Å². The average Bonchev–Trinajstić information content (AvgIpc) is 2.95. The maximum absolute atomic E-state index is 13.2. The quantitative estimate of drug-likeness (QED) is 0.748. The molecule has 0 saturated heterocycles. The van der Waals surface area contributed by atoms with Crippen molar-refractivity contribution in [3.63, 3.8) is 0 Å². The number of hydrogen-bond acceptors (Lipinski definition) is 7. The minimum absolute atomic E-state index is 0.0469. The lowest BCUT2D eigenvalue weighted by Gasteiger charge is -2.18. The van der Waals surface area contributed by atoms with Gasteiger partial charge in [-0.3, -0.25) is 0 Å². The number of rotatable bonds is 7. The first-order chi connectivity index (χ1) is 11.9. The summed E-state index contributed by atoms with van der Waals surface area (Å²) in [6, 6.07) is 2.40. The molecule has 144 valence electrons. The third-order valence-corrected chi connectivity index (χ3v) is 5.90. The van der Waals surface area contributed by atoms with Crippen molar-refractivity contribution >= 4 is 19.9 Å². The Bertz CT molecular complexity index is 1000. The standard InChI is InChI=1S/C15H20FN3O5S2/c1-9(2)7-12(14-17-18-15(24-14)25(4,20)21)19-26(22,23)13-6-5-11(16)8-10(13)3/h5-6,8-9,12,19H,7H2,1-4H3/t12-/m0/s1. The molecule has 1 aromatic carbocycles. The Morgan fingerprint density at radius 2 is 1.85 bits per heavy atom. The number of halogens is 1. The van der Waals surface area contributed by atoms with E-state index in [4.69, 9.17) is 4.42 Å². The molecule has 1 aromatic heterocycles. The number of aromatic nitrogens is 2. The van der Waals surface area contributed by atoms with Gasteiger partial charge in [-0.05, 0) is 43.0 Å². The Kier molecular flexibility index (Phi) is 5.83. The van der Waals surface area contributed by atoms with Crippen LogP contribution in [-0.2, 0) is 19.9 Å². The van der Waals surface area contributed by atoms with Crippen LogP contribution in [0.2, 0.25) is 0 Å². The van der Waals surface area contributed by atoms with Gasteiger partial charge in [-0.15, -0.1) is 5.10 Å². The lowest BCUT2D eigenvalue weighted by molar-refractivity contribution is 0.340. The van der Waals surface area contributed by atoms with Crippen LogP contribution in [0.15, 0.2) is 32.7 Å². The summed E-state index contributed by atoms with van der Waals surface area (Å²) >= 11 is 0. The van der Waals surface area contributed by atoms with Gasteiger partial charge in [0.15, 0.2) is 0 Å². The predicted molar refractivity (Wildman–Crippen MR) is 91.1 cm³/mol. The number of benzene rings is 1. The second-order valence-electron chi connectivity index (χ2n) is 6.39. The van der Waals surface area contributed by atoms with E-state index in [-0.39, 0.29) is 22.3 Å². The Balaban J connectivity index is 2.40. The lowest BCUT2D eigenvalue weighted by Crippen LogP contribution is -2.30. The van der Waals surface area contributed by atoms with E-state index in [9.17, 15) is 21.2 Å². The third kappa shape index (κ3) is 4.86. The van der Waals surface area contributed by atoms with Crippen LogP contribution in [-0.4, -0.2) is 33.3 Å². The number of sulfone groups is 1. The summed E-state index contributed by atoms with van der Waals surface area (Å²) in [5.74, 6) is -0.650. The molecule has 0 aliphatic carbocycles. The van der Waals surface area contributed by atoms with Crippen LogP contribution in [0.5, 0.6) is 0 Å². The van der Waals surface area contributed by atoms with E-state index in [1.54, 1.807) is 0 Å². The molecule has 11 heteroatoms. The van der Waals surface area contributed by atoms with E-state index in [0.717, 1.165) is 24.5 Å². The average molecular weight is 405 g/mol. The van der Waals surface area contributed by atoms with Gasteiger partial charge in [-0.2, -0.15) is 4.72 Å². The van der Waals surface area contributed by atoms with E-state index in [1.165, 1.54) is 6.92 Å². The fourth-order valence-corrected chi connectivity index (χ4v) is 4.20. The fraction of sp³-hybridized carbons (Fsp3) is 0.467. The third-order valence-electron chi connectivity index (χ3n) is 3.47. The van der Waals surface area contributed by atoms with Crippen molar-refractivity contribution < 1.29 is 25.6 Å². The highest BCUT2D eigenvalue weighted by Gasteiger charge is 2.29. The van der Waals surface area contributed by atoms with Crippen LogP contribution >= 0.6 is 0 Å². The van der Waals surface area contributed by atoms with Crippen molar-refractivity contribution in [1.82, 2.24) is 14.9 Å². The van der Waals surface area contributed by atoms with E-state index in [1.807, 2.05) is 13.8 Å². The summed E-state index contributed by atoms with van der Waals surface area (Å²) in [4.78, 5) is -0.0875. The highest BCUT2D eigenvalue weighted by Crippen LogP contribution is 2.25. The van der Waals surface area contributed by atoms with Gasteiger partial charge in [-0.1, -0.05) is 18.9 Å². The molecule has 0 bridgehead atoms. The van der Waals surface area contributed by atoms with E-state index >= 15 is 0 Å². The van der Waals surface area contributed by atoms with Crippen molar-refractivity contribution in [3.05, 3.63) is 35.5 Å². The van der Waals surface area contributed by atoms with Gasteiger partial charge in [-0.25, -0.2) is 21.2 Å². The zero-order valence-corrected chi connectivity index (χ0v) is 16.4. The van der Waals surface area contributed by atoms with Crippen LogP contribution in [0.25, 0.3) is 0 Å². The molecule has 2 rings (SSSR count). The molecule has 0 spiro atoms. The summed E-state index contributed by atoms with van der Waals surface area (Å²) in [6.07, 6.45) is 1.21. The molecule has 1 N–H and O–H groups in total. The molecule has 0 aliphatic heterocycles. The second-order valence-corrected chi connectivity index (χ2v) is 9.97. The SMILES string of the molecule is Cc1cc(F)ccc1S(=O)(=O)N[C@@H](CC(C)C)c1nnc(S(C)(=O)=O)o1. The van der Waals surface area contributed by atoms with E-state index < -0.39 is 36.9 Å². The minimum Gasteiger partial charge on any atom is -0.411 e. The first-order valence-corrected chi connectivity index (χ1v) is 11.1. The molecule has 8 nitrogen and oxygen atoms in total. The molecule has 0 saturated carbocycles. The molecule has 0 aliphatic rings. The Morgan fingerprint density at radius 3 is 2.35 bits per heavy atom. The molecule has 0 fully saturated rings. The monoisotopic (exact) mass is 405 g/mol. The van der Waals surface area contributed by atoms with Crippen LogP contribution in [0.3, 0.4) is 0 Å². The molecular weight excluding hydrogens is 385 g/mol. The molecule has 26 heavy (non-hydrogen) atoms. The summed E-state index contributed by atoms with van der Waals surface area (Å²) < 4.78 is 69.2. The van der Waals surface area contributed by atoms with Crippen LogP contribution in [0.1, 0.15) is 37.8 Å². The zero-order valence-electron chi connectivity index (χ0n) is 14.7. The highest BCUT2D eigenvalue weighted by atomic mass is 32.2. The van der Waals surface area contributed by atoms with Gasteiger partial charge in [0.05, 0.1) is 4.90 Å². The van der Waals surface area contributed by atoms with Crippen molar-refractivity contribution in [3.8, 4) is 0 Å². The van der Waals surface area contributed by atoms with Crippen molar-refractivity contribution in [2.45, 2.75) is 43.4 Å². The van der Waals surface area contributed by atoms with Crippen LogP contribution in [0, 0.1) is 18.7 Å². The van der Waals surface area contributed by atoms with Crippen molar-refractivity contribution in [2.75, 3.05) is 6.26 Å². The predicted octanol–water partition coefficient (Wildman–Crippen LogP) is 1.99. The van der Waals surface area contributed by atoms with Gasteiger partial charge in [0.2, 0.25) is 25.8 Å².